The summed E-state index contributed by atoms with van der Waals surface area (Å²) in [7, 11) is 0. The average Bonchev–Trinajstić information content (AvgIpc) is 3.29. The fourth-order valence-electron chi connectivity index (χ4n) is 7.11. The van der Waals surface area contributed by atoms with Crippen LogP contribution < -0.4 is 0 Å². The summed E-state index contributed by atoms with van der Waals surface area (Å²) in [5.41, 5.74) is 0. The Morgan fingerprint density at radius 1 is 0.328 bits per heavy atom. The third-order valence-corrected chi connectivity index (χ3v) is 11.0. The largest absolute Gasteiger partial charge is 0.462 e. The van der Waals surface area contributed by atoms with Crippen LogP contribution in [0.4, 0.5) is 0 Å². The molecule has 0 aliphatic heterocycles. The molecule has 0 saturated carbocycles. The molecular weight excluding hydrogens is 793 g/mol. The first kappa shape index (κ1) is 60.3. The van der Waals surface area contributed by atoms with Crippen LogP contribution in [0, 0.1) is 0 Å². The first-order chi connectivity index (χ1) is 31.5. The van der Waals surface area contributed by atoms with E-state index in [1.54, 1.807) is 0 Å². The fraction of sp³-hybridized carbons (Fsp3) is 0.672. The Morgan fingerprint density at radius 3 is 0.953 bits per heavy atom. The van der Waals surface area contributed by atoms with Crippen molar-refractivity contribution in [2.24, 2.45) is 0 Å². The minimum absolute atomic E-state index is 0.0944. The second kappa shape index (κ2) is 52.0. The summed E-state index contributed by atoms with van der Waals surface area (Å²) in [6, 6.07) is 0. The molecule has 364 valence electrons. The van der Waals surface area contributed by atoms with Crippen molar-refractivity contribution in [3.63, 3.8) is 0 Å². The number of hydrogen-bond donors (Lipinski definition) is 0. The lowest BCUT2D eigenvalue weighted by Crippen LogP contribution is -2.30. The Bertz CT molecular complexity index is 1300. The van der Waals surface area contributed by atoms with Gasteiger partial charge in [-0.05, 0) is 57.8 Å². The van der Waals surface area contributed by atoms with E-state index in [1.165, 1.54) is 83.5 Å². The second-order valence-electron chi connectivity index (χ2n) is 17.2. The Balaban J connectivity index is 4.46. The zero-order valence-electron chi connectivity index (χ0n) is 41.5. The third-order valence-electron chi connectivity index (χ3n) is 11.0. The number of unbranched alkanes of at least 4 members (excludes halogenated alkanes) is 25. The molecule has 0 saturated heterocycles. The molecule has 0 fully saturated rings. The highest BCUT2D eigenvalue weighted by Gasteiger charge is 2.19. The van der Waals surface area contributed by atoms with Crippen molar-refractivity contribution in [1.29, 1.82) is 0 Å². The minimum Gasteiger partial charge on any atom is -0.462 e. The molecule has 0 N–H and O–H groups in total. The maximum Gasteiger partial charge on any atom is 0.306 e. The summed E-state index contributed by atoms with van der Waals surface area (Å²) in [6.07, 6.45) is 68.1. The lowest BCUT2D eigenvalue weighted by molar-refractivity contribution is -0.167. The SMILES string of the molecule is CC\C=C/C=C\C=C/C=C\CCCCCCCC(=O)OCC(COC(=O)CCCCCCCCCCCCCCCCCC)OC(=O)CCCCCCC\C=C/C=C\C=C/C=C\CC. The summed E-state index contributed by atoms with van der Waals surface area (Å²) < 4.78 is 16.8. The standard InChI is InChI=1S/C58H96O6/c1-4-7-10-13-16-19-22-25-28-31-33-36-39-42-45-48-51-57(60)63-54-55(64-58(61)52-49-46-43-40-37-34-30-27-24-21-18-15-12-9-6-3)53-62-56(59)50-47-44-41-38-35-32-29-26-23-20-17-14-11-8-5-2/h8-9,11-12,14-15,17-18,20-21,23-24,26-27,29-30,55H,4-7,10,13,16,19,22,25,28,31-54H2,1-3H3/b11-8-,12-9-,17-14-,18-15-,23-20-,24-21-,29-26-,30-27-. The van der Waals surface area contributed by atoms with Gasteiger partial charge >= 0.3 is 17.9 Å². The fourth-order valence-corrected chi connectivity index (χ4v) is 7.11. The van der Waals surface area contributed by atoms with Crippen molar-refractivity contribution in [2.45, 2.75) is 239 Å². The Morgan fingerprint density at radius 2 is 0.609 bits per heavy atom. The van der Waals surface area contributed by atoms with Gasteiger partial charge in [-0.3, -0.25) is 14.4 Å². The number of carbonyl (C=O) groups excluding carboxylic acids is 3. The lowest BCUT2D eigenvalue weighted by Gasteiger charge is -2.18. The molecule has 0 spiro atoms. The van der Waals surface area contributed by atoms with E-state index in [-0.39, 0.29) is 31.1 Å². The quantitative estimate of drug-likeness (QED) is 0.0262. The maximum absolute atomic E-state index is 12.8. The van der Waals surface area contributed by atoms with Crippen LogP contribution in [0.15, 0.2) is 97.2 Å². The van der Waals surface area contributed by atoms with Gasteiger partial charge in [-0.25, -0.2) is 0 Å². The van der Waals surface area contributed by atoms with Crippen molar-refractivity contribution in [3.8, 4) is 0 Å². The average molecular weight is 889 g/mol. The van der Waals surface area contributed by atoms with Gasteiger partial charge in [0.2, 0.25) is 0 Å². The predicted octanol–water partition coefficient (Wildman–Crippen LogP) is 17.4. The number of hydrogen-bond acceptors (Lipinski definition) is 6. The van der Waals surface area contributed by atoms with Gasteiger partial charge in [0, 0.05) is 19.3 Å². The molecule has 0 amide bonds. The van der Waals surface area contributed by atoms with Gasteiger partial charge in [0.15, 0.2) is 6.10 Å². The van der Waals surface area contributed by atoms with Gasteiger partial charge in [-0.2, -0.15) is 0 Å². The first-order valence-electron chi connectivity index (χ1n) is 26.3. The van der Waals surface area contributed by atoms with Crippen molar-refractivity contribution in [2.75, 3.05) is 13.2 Å². The number of ether oxygens (including phenoxy) is 3. The zero-order valence-corrected chi connectivity index (χ0v) is 41.5. The summed E-state index contributed by atoms with van der Waals surface area (Å²) in [5.74, 6) is -0.941. The first-order valence-corrected chi connectivity index (χ1v) is 26.3. The molecule has 0 aliphatic carbocycles. The Hall–Kier alpha value is -3.67. The summed E-state index contributed by atoms with van der Waals surface area (Å²) in [5, 5.41) is 0. The van der Waals surface area contributed by atoms with E-state index in [1.807, 2.05) is 36.5 Å². The maximum atomic E-state index is 12.8. The summed E-state index contributed by atoms with van der Waals surface area (Å²) >= 11 is 0. The van der Waals surface area contributed by atoms with E-state index in [4.69, 9.17) is 14.2 Å². The van der Waals surface area contributed by atoms with Crippen LogP contribution >= 0.6 is 0 Å². The topological polar surface area (TPSA) is 78.9 Å². The van der Waals surface area contributed by atoms with Gasteiger partial charge < -0.3 is 14.2 Å². The van der Waals surface area contributed by atoms with Crippen molar-refractivity contribution in [1.82, 2.24) is 0 Å². The van der Waals surface area contributed by atoms with Crippen LogP contribution in [0.3, 0.4) is 0 Å². The molecule has 0 aliphatic rings. The predicted molar refractivity (Wildman–Crippen MR) is 274 cm³/mol. The highest BCUT2D eigenvalue weighted by molar-refractivity contribution is 5.71. The van der Waals surface area contributed by atoms with Crippen LogP contribution in [0.2, 0.25) is 0 Å². The molecule has 0 aromatic carbocycles. The van der Waals surface area contributed by atoms with E-state index in [0.717, 1.165) is 109 Å². The van der Waals surface area contributed by atoms with Gasteiger partial charge in [0.25, 0.3) is 0 Å². The summed E-state index contributed by atoms with van der Waals surface area (Å²) in [6.45, 7) is 6.33. The van der Waals surface area contributed by atoms with Gasteiger partial charge in [-0.1, -0.05) is 253 Å². The summed E-state index contributed by atoms with van der Waals surface area (Å²) in [4.78, 5) is 38.0. The van der Waals surface area contributed by atoms with E-state index >= 15 is 0 Å². The molecule has 6 nitrogen and oxygen atoms in total. The molecule has 0 aromatic rings. The van der Waals surface area contributed by atoms with Gasteiger partial charge in [-0.15, -0.1) is 0 Å². The smallest absolute Gasteiger partial charge is 0.306 e. The zero-order chi connectivity index (χ0) is 46.5. The molecule has 0 aromatic heterocycles. The molecule has 6 heteroatoms. The molecule has 0 radical (unpaired) electrons. The van der Waals surface area contributed by atoms with E-state index in [0.29, 0.717) is 19.3 Å². The number of allylic oxidation sites excluding steroid dienone is 16. The van der Waals surface area contributed by atoms with Crippen molar-refractivity contribution >= 4 is 17.9 Å². The van der Waals surface area contributed by atoms with E-state index in [9.17, 15) is 14.4 Å². The Kier molecular flexibility index (Phi) is 49.0. The van der Waals surface area contributed by atoms with Crippen molar-refractivity contribution < 1.29 is 28.6 Å². The monoisotopic (exact) mass is 889 g/mol. The van der Waals surface area contributed by atoms with E-state index < -0.39 is 6.10 Å². The second-order valence-corrected chi connectivity index (χ2v) is 17.2. The van der Waals surface area contributed by atoms with E-state index in [2.05, 4.69) is 81.5 Å². The van der Waals surface area contributed by atoms with Gasteiger partial charge in [0.1, 0.15) is 13.2 Å². The Labute approximate surface area is 394 Å². The number of esters is 3. The molecule has 64 heavy (non-hydrogen) atoms. The minimum atomic E-state index is -0.799. The molecule has 1 unspecified atom stereocenters. The molecule has 0 heterocycles. The van der Waals surface area contributed by atoms with Crippen LogP contribution in [0.1, 0.15) is 233 Å². The number of carbonyl (C=O) groups is 3. The molecule has 0 bridgehead atoms. The highest BCUT2D eigenvalue weighted by Crippen LogP contribution is 2.15. The van der Waals surface area contributed by atoms with Crippen molar-refractivity contribution in [3.05, 3.63) is 97.2 Å². The lowest BCUT2D eigenvalue weighted by atomic mass is 10.0. The third kappa shape index (κ3) is 49.3. The van der Waals surface area contributed by atoms with Gasteiger partial charge in [0.05, 0.1) is 0 Å². The van der Waals surface area contributed by atoms with Crippen LogP contribution in [-0.4, -0.2) is 37.2 Å². The number of rotatable bonds is 46. The molecule has 0 rings (SSSR count). The highest BCUT2D eigenvalue weighted by atomic mass is 16.6. The van der Waals surface area contributed by atoms with Crippen LogP contribution in [0.25, 0.3) is 0 Å². The normalized spacial score (nSPS) is 12.9. The van der Waals surface area contributed by atoms with Crippen LogP contribution in [0.5, 0.6) is 0 Å². The molecular formula is C58H96O6. The molecule has 1 atom stereocenters. The van der Waals surface area contributed by atoms with Crippen LogP contribution in [-0.2, 0) is 28.6 Å².